The number of ether oxygens (including phenoxy) is 1. The molecule has 0 aliphatic heterocycles. The van der Waals surface area contributed by atoms with Gasteiger partial charge in [-0.3, -0.25) is 0 Å². The van der Waals surface area contributed by atoms with Crippen LogP contribution in [-0.2, 0) is 0 Å². The van der Waals surface area contributed by atoms with Gasteiger partial charge in [-0.2, -0.15) is 0 Å². The summed E-state index contributed by atoms with van der Waals surface area (Å²) in [7, 11) is 0. The molecule has 1 heterocycles. The van der Waals surface area contributed by atoms with E-state index in [0.717, 1.165) is 12.8 Å². The van der Waals surface area contributed by atoms with Crippen molar-refractivity contribution in [1.82, 2.24) is 9.97 Å². The molecule has 0 aliphatic carbocycles. The first-order valence-electron chi connectivity index (χ1n) is 6.35. The minimum absolute atomic E-state index is 0.0691. The molecule has 0 saturated heterocycles. The van der Waals surface area contributed by atoms with Crippen LogP contribution >= 0.6 is 0 Å². The Labute approximate surface area is 107 Å². The largest absolute Gasteiger partial charge is 0.476 e. The number of carbonyl (C=O) groups is 1. The number of nitrogens with zero attached hydrogens (tertiary/aromatic N) is 2. The Morgan fingerprint density at radius 1 is 1.39 bits per heavy atom. The van der Waals surface area contributed by atoms with Crippen molar-refractivity contribution in [3.63, 3.8) is 0 Å². The summed E-state index contributed by atoms with van der Waals surface area (Å²) in [6, 6.07) is 0. The molecule has 0 amide bonds. The summed E-state index contributed by atoms with van der Waals surface area (Å²) in [6.45, 7) is 4.92. The molecule has 100 valence electrons. The molecular formula is C13H20N2O3. The van der Waals surface area contributed by atoms with Crippen molar-refractivity contribution in [2.24, 2.45) is 5.92 Å². The second-order valence-corrected chi connectivity index (χ2v) is 4.27. The van der Waals surface area contributed by atoms with E-state index in [-0.39, 0.29) is 5.69 Å². The zero-order valence-electron chi connectivity index (χ0n) is 10.9. The van der Waals surface area contributed by atoms with Crippen LogP contribution in [0.2, 0.25) is 0 Å². The first kappa shape index (κ1) is 14.4. The van der Waals surface area contributed by atoms with E-state index >= 15 is 0 Å². The van der Waals surface area contributed by atoms with Gasteiger partial charge >= 0.3 is 5.97 Å². The highest BCUT2D eigenvalue weighted by molar-refractivity contribution is 5.84. The van der Waals surface area contributed by atoms with E-state index in [0.29, 0.717) is 18.4 Å². The zero-order chi connectivity index (χ0) is 13.4. The van der Waals surface area contributed by atoms with Gasteiger partial charge in [-0.05, 0) is 12.3 Å². The van der Waals surface area contributed by atoms with Crippen LogP contribution in [0.1, 0.15) is 50.0 Å². The zero-order valence-corrected chi connectivity index (χ0v) is 10.9. The van der Waals surface area contributed by atoms with E-state index in [1.165, 1.54) is 25.2 Å². The quantitative estimate of drug-likeness (QED) is 0.770. The SMILES string of the molecule is CCCCC(CC)COc1cnc(C(=O)O)cn1. The van der Waals surface area contributed by atoms with Crippen LogP contribution in [-0.4, -0.2) is 27.7 Å². The van der Waals surface area contributed by atoms with Gasteiger partial charge in [0.2, 0.25) is 5.88 Å². The topological polar surface area (TPSA) is 72.3 Å². The highest BCUT2D eigenvalue weighted by Crippen LogP contribution is 2.14. The third-order valence-corrected chi connectivity index (χ3v) is 2.86. The normalized spacial score (nSPS) is 12.1. The lowest BCUT2D eigenvalue weighted by Crippen LogP contribution is -2.12. The van der Waals surface area contributed by atoms with Crippen molar-refractivity contribution in [2.75, 3.05) is 6.61 Å². The van der Waals surface area contributed by atoms with Crippen LogP contribution in [0.3, 0.4) is 0 Å². The Balaban J connectivity index is 2.44. The van der Waals surface area contributed by atoms with Crippen LogP contribution in [0.25, 0.3) is 0 Å². The summed E-state index contributed by atoms with van der Waals surface area (Å²) in [6.07, 6.45) is 7.17. The maximum atomic E-state index is 10.6. The van der Waals surface area contributed by atoms with Crippen molar-refractivity contribution < 1.29 is 14.6 Å². The Morgan fingerprint density at radius 2 is 2.17 bits per heavy atom. The highest BCUT2D eigenvalue weighted by atomic mass is 16.5. The van der Waals surface area contributed by atoms with Crippen molar-refractivity contribution in [1.29, 1.82) is 0 Å². The summed E-state index contributed by atoms with van der Waals surface area (Å²) in [5, 5.41) is 8.69. The molecule has 5 nitrogen and oxygen atoms in total. The van der Waals surface area contributed by atoms with Crippen LogP contribution < -0.4 is 4.74 Å². The molecule has 0 bridgehead atoms. The Hall–Kier alpha value is -1.65. The number of carboxylic acids is 1. The molecule has 0 spiro atoms. The number of hydrogen-bond acceptors (Lipinski definition) is 4. The molecule has 1 atom stereocenters. The van der Waals surface area contributed by atoms with E-state index in [2.05, 4.69) is 23.8 Å². The first-order chi connectivity index (χ1) is 8.67. The van der Waals surface area contributed by atoms with Gasteiger partial charge in [0, 0.05) is 0 Å². The maximum Gasteiger partial charge on any atom is 0.356 e. The fourth-order valence-electron chi connectivity index (χ4n) is 1.60. The summed E-state index contributed by atoms with van der Waals surface area (Å²) in [5.41, 5.74) is -0.0691. The number of unbranched alkanes of at least 4 members (excludes halogenated alkanes) is 1. The molecule has 5 heteroatoms. The minimum atomic E-state index is -1.08. The molecule has 1 aromatic rings. The van der Waals surface area contributed by atoms with Gasteiger partial charge in [0.25, 0.3) is 0 Å². The molecule has 1 unspecified atom stereocenters. The van der Waals surface area contributed by atoms with Crippen LogP contribution in [0, 0.1) is 5.92 Å². The highest BCUT2D eigenvalue weighted by Gasteiger charge is 2.09. The molecule has 0 radical (unpaired) electrons. The van der Waals surface area contributed by atoms with E-state index in [1.807, 2.05) is 0 Å². The smallest absolute Gasteiger partial charge is 0.356 e. The van der Waals surface area contributed by atoms with E-state index < -0.39 is 5.97 Å². The van der Waals surface area contributed by atoms with Gasteiger partial charge in [-0.15, -0.1) is 0 Å². The summed E-state index contributed by atoms with van der Waals surface area (Å²) in [5.74, 6) is -0.177. The van der Waals surface area contributed by atoms with Gasteiger partial charge in [-0.1, -0.05) is 33.1 Å². The number of hydrogen-bond donors (Lipinski definition) is 1. The molecule has 1 aromatic heterocycles. The van der Waals surface area contributed by atoms with E-state index in [9.17, 15) is 4.79 Å². The second-order valence-electron chi connectivity index (χ2n) is 4.27. The number of aromatic carboxylic acids is 1. The average Bonchev–Trinajstić information content (AvgIpc) is 2.39. The van der Waals surface area contributed by atoms with E-state index in [1.54, 1.807) is 0 Å². The predicted molar refractivity (Wildman–Crippen MR) is 67.8 cm³/mol. The number of carboxylic acid groups (broad SMARTS) is 1. The molecule has 18 heavy (non-hydrogen) atoms. The Bertz CT molecular complexity index is 365. The van der Waals surface area contributed by atoms with Gasteiger partial charge in [0.1, 0.15) is 0 Å². The lowest BCUT2D eigenvalue weighted by molar-refractivity contribution is 0.0689. The van der Waals surface area contributed by atoms with Crippen molar-refractivity contribution in [3.8, 4) is 5.88 Å². The standard InChI is InChI=1S/C13H20N2O3/c1-3-5-6-10(4-2)9-18-12-8-14-11(7-15-12)13(16)17/h7-8,10H,3-6,9H2,1-2H3,(H,16,17). The first-order valence-corrected chi connectivity index (χ1v) is 6.35. The van der Waals surface area contributed by atoms with Crippen molar-refractivity contribution >= 4 is 5.97 Å². The van der Waals surface area contributed by atoms with Gasteiger partial charge in [0.05, 0.1) is 19.0 Å². The van der Waals surface area contributed by atoms with Crippen molar-refractivity contribution in [2.45, 2.75) is 39.5 Å². The lowest BCUT2D eigenvalue weighted by Gasteiger charge is -2.14. The van der Waals surface area contributed by atoms with Gasteiger partial charge in [0.15, 0.2) is 5.69 Å². The number of rotatable bonds is 8. The van der Waals surface area contributed by atoms with E-state index in [4.69, 9.17) is 9.84 Å². The molecule has 0 aromatic carbocycles. The molecule has 1 N–H and O–H groups in total. The van der Waals surface area contributed by atoms with Gasteiger partial charge < -0.3 is 9.84 Å². The van der Waals surface area contributed by atoms with Crippen LogP contribution in [0.4, 0.5) is 0 Å². The average molecular weight is 252 g/mol. The fourth-order valence-corrected chi connectivity index (χ4v) is 1.60. The van der Waals surface area contributed by atoms with Gasteiger partial charge in [-0.25, -0.2) is 14.8 Å². The molecular weight excluding hydrogens is 232 g/mol. The maximum absolute atomic E-state index is 10.6. The Kier molecular flexibility index (Phi) is 6.11. The second kappa shape index (κ2) is 7.63. The third kappa shape index (κ3) is 4.69. The molecule has 0 fully saturated rings. The van der Waals surface area contributed by atoms with Crippen molar-refractivity contribution in [3.05, 3.63) is 18.1 Å². The number of aromatic nitrogens is 2. The lowest BCUT2D eigenvalue weighted by atomic mass is 10.0. The molecule has 0 saturated carbocycles. The Morgan fingerprint density at radius 3 is 2.67 bits per heavy atom. The molecule has 1 rings (SSSR count). The summed E-state index contributed by atoms with van der Waals surface area (Å²) < 4.78 is 5.52. The summed E-state index contributed by atoms with van der Waals surface area (Å²) in [4.78, 5) is 18.3. The molecule has 0 aliphatic rings. The summed E-state index contributed by atoms with van der Waals surface area (Å²) >= 11 is 0. The fraction of sp³-hybridized carbons (Fsp3) is 0.615. The monoisotopic (exact) mass is 252 g/mol. The van der Waals surface area contributed by atoms with Crippen LogP contribution in [0.15, 0.2) is 12.4 Å². The third-order valence-electron chi connectivity index (χ3n) is 2.86. The minimum Gasteiger partial charge on any atom is -0.476 e. The van der Waals surface area contributed by atoms with Crippen LogP contribution in [0.5, 0.6) is 5.88 Å². The predicted octanol–water partition coefficient (Wildman–Crippen LogP) is 2.77.